The summed E-state index contributed by atoms with van der Waals surface area (Å²) in [7, 11) is 0. The van der Waals surface area contributed by atoms with Crippen LogP contribution < -0.4 is 16.0 Å². The van der Waals surface area contributed by atoms with Crippen LogP contribution in [0.15, 0.2) is 60.0 Å². The number of aliphatic hydroxyl groups is 1. The van der Waals surface area contributed by atoms with Gasteiger partial charge >= 0.3 is 6.09 Å². The molecule has 1 aliphatic heterocycles. The van der Waals surface area contributed by atoms with E-state index >= 15 is 0 Å². The van der Waals surface area contributed by atoms with Crippen molar-refractivity contribution in [1.82, 2.24) is 30.7 Å². The number of hydrogen-bond donors (Lipinski definition) is 5. The van der Waals surface area contributed by atoms with Crippen LogP contribution in [0.1, 0.15) is 76.2 Å². The Morgan fingerprint density at radius 2 is 1.70 bits per heavy atom. The Hall–Kier alpha value is -4.04. The number of aromatic nitrogens is 1. The third kappa shape index (κ3) is 13.4. The number of phenolic OH excluding ortho intramolecular Hbond substituents is 1. The molecule has 0 saturated carbocycles. The van der Waals surface area contributed by atoms with Crippen LogP contribution in [0.25, 0.3) is 0 Å². The van der Waals surface area contributed by atoms with Crippen molar-refractivity contribution < 1.29 is 29.3 Å². The lowest BCUT2D eigenvalue weighted by Crippen LogP contribution is -2.63. The Morgan fingerprint density at radius 3 is 2.32 bits per heavy atom. The summed E-state index contributed by atoms with van der Waals surface area (Å²) in [6.45, 7) is 16.3. The number of aliphatic hydroxyl groups excluding tert-OH is 1. The van der Waals surface area contributed by atoms with Crippen molar-refractivity contribution in [2.24, 2.45) is 11.8 Å². The second-order valence-corrected chi connectivity index (χ2v) is 16.6. The first-order chi connectivity index (χ1) is 25.1. The molecule has 3 aromatic rings. The van der Waals surface area contributed by atoms with Gasteiger partial charge in [-0.15, -0.1) is 11.3 Å². The van der Waals surface area contributed by atoms with Gasteiger partial charge in [-0.25, -0.2) is 9.78 Å². The van der Waals surface area contributed by atoms with Gasteiger partial charge in [0.1, 0.15) is 18.4 Å². The van der Waals surface area contributed by atoms with E-state index in [9.17, 15) is 24.6 Å². The molecule has 12 nitrogen and oxygen atoms in total. The van der Waals surface area contributed by atoms with Gasteiger partial charge in [-0.2, -0.15) is 0 Å². The summed E-state index contributed by atoms with van der Waals surface area (Å²) in [5.41, 5.74) is 2.21. The molecule has 13 heteroatoms. The van der Waals surface area contributed by atoms with E-state index < -0.39 is 35.7 Å². The number of rotatable bonds is 16. The third-order valence-corrected chi connectivity index (χ3v) is 10.4. The van der Waals surface area contributed by atoms with E-state index in [4.69, 9.17) is 4.74 Å². The Bertz CT molecular complexity index is 1610. The van der Waals surface area contributed by atoms with Crippen molar-refractivity contribution in [2.45, 2.75) is 97.7 Å². The number of carbonyl (C=O) groups excluding carboxylic acids is 3. The molecule has 2 heterocycles. The highest BCUT2D eigenvalue weighted by Gasteiger charge is 2.37. The molecule has 1 saturated heterocycles. The van der Waals surface area contributed by atoms with Crippen molar-refractivity contribution in [3.8, 4) is 5.75 Å². The fourth-order valence-electron chi connectivity index (χ4n) is 6.28. The van der Waals surface area contributed by atoms with E-state index in [0.717, 1.165) is 16.1 Å². The van der Waals surface area contributed by atoms with Gasteiger partial charge in [-0.3, -0.25) is 19.4 Å². The van der Waals surface area contributed by atoms with Crippen LogP contribution >= 0.6 is 11.3 Å². The summed E-state index contributed by atoms with van der Waals surface area (Å²) in [6, 6.07) is 15.5. The fourth-order valence-corrected chi connectivity index (χ4v) is 7.10. The summed E-state index contributed by atoms with van der Waals surface area (Å²) in [5.74, 6) is -0.635. The van der Waals surface area contributed by atoms with Gasteiger partial charge in [0.2, 0.25) is 11.8 Å². The van der Waals surface area contributed by atoms with Crippen LogP contribution in [0, 0.1) is 11.8 Å². The monoisotopic (exact) mass is 750 g/mol. The van der Waals surface area contributed by atoms with Crippen LogP contribution in [0.5, 0.6) is 5.75 Å². The summed E-state index contributed by atoms with van der Waals surface area (Å²) in [4.78, 5) is 48.9. The minimum atomic E-state index is -1.01. The molecular formula is C40H58N6O6S. The normalized spacial score (nSPS) is 17.3. The number of alkyl carbamates (subject to hydrolysis) is 1. The molecule has 1 aliphatic rings. The number of carbonyl (C=O) groups is 3. The van der Waals surface area contributed by atoms with Crippen LogP contribution in [-0.2, 0) is 33.9 Å². The molecule has 53 heavy (non-hydrogen) atoms. The van der Waals surface area contributed by atoms with E-state index in [1.807, 2.05) is 87.4 Å². The molecule has 0 spiro atoms. The number of nitrogens with one attached hydrogen (secondary N) is 3. The Morgan fingerprint density at radius 1 is 1.00 bits per heavy atom. The first-order valence-electron chi connectivity index (χ1n) is 18.5. The number of amides is 3. The van der Waals surface area contributed by atoms with E-state index in [1.54, 1.807) is 12.1 Å². The van der Waals surface area contributed by atoms with E-state index in [1.165, 1.54) is 11.3 Å². The number of nitrogens with zero attached hydrogens (tertiary/aromatic N) is 3. The average molecular weight is 751 g/mol. The minimum absolute atomic E-state index is 0.0405. The number of thiazole rings is 1. The second-order valence-electron chi connectivity index (χ2n) is 15.7. The zero-order valence-corrected chi connectivity index (χ0v) is 33.0. The summed E-state index contributed by atoms with van der Waals surface area (Å²) in [5, 5.41) is 33.4. The standard InChI is InChI=1S/C40H58N6O6S/c1-26(2)32(20-41-39(51)52-24-30-25-53-38(42-30)27(3)4)36(49)43-33(19-28-11-9-8-10-12-28)35(48)23-46-18-17-45(21-29-13-15-31(47)16-14-29)22-34(46)37(50)44-40(5,6)7/h8-16,25-27,32-35,47-48H,17-24H2,1-7H3,(H,41,51)(H,43,49)(H,44,50)/t32-,33+,34+,35-/m0/s1. The van der Waals surface area contributed by atoms with Crippen molar-refractivity contribution in [3.05, 3.63) is 81.8 Å². The smallest absolute Gasteiger partial charge is 0.407 e. The number of β-amino-alcohol motifs (C(OH)–C–C–N with tert-alkyl or cyclic N) is 1. The fraction of sp³-hybridized carbons (Fsp3) is 0.550. The van der Waals surface area contributed by atoms with Gasteiger partial charge in [0, 0.05) is 56.1 Å². The molecule has 0 radical (unpaired) electrons. The average Bonchev–Trinajstić information content (AvgIpc) is 3.58. The second kappa shape index (κ2) is 19.3. The summed E-state index contributed by atoms with van der Waals surface area (Å²) >= 11 is 1.53. The van der Waals surface area contributed by atoms with Crippen molar-refractivity contribution >= 4 is 29.2 Å². The number of phenols is 1. The highest BCUT2D eigenvalue weighted by atomic mass is 32.1. The van der Waals surface area contributed by atoms with Gasteiger partial charge in [-0.1, -0.05) is 70.2 Å². The number of aromatic hydroxyl groups is 1. The molecule has 4 rings (SSSR count). The Labute approximate surface area is 318 Å². The van der Waals surface area contributed by atoms with Gasteiger partial charge in [0.25, 0.3) is 0 Å². The maximum absolute atomic E-state index is 13.9. The molecule has 290 valence electrons. The quantitative estimate of drug-likeness (QED) is 0.141. The zero-order chi connectivity index (χ0) is 38.7. The van der Waals surface area contributed by atoms with Crippen LogP contribution in [0.4, 0.5) is 4.79 Å². The minimum Gasteiger partial charge on any atom is -0.508 e. The molecule has 0 aliphatic carbocycles. The van der Waals surface area contributed by atoms with Gasteiger partial charge in [0.15, 0.2) is 0 Å². The lowest BCUT2D eigenvalue weighted by molar-refractivity contribution is -0.132. The third-order valence-electron chi connectivity index (χ3n) is 9.25. The lowest BCUT2D eigenvalue weighted by atomic mass is 9.93. The van der Waals surface area contributed by atoms with Gasteiger partial charge in [0.05, 0.1) is 28.8 Å². The molecule has 3 amide bonds. The maximum atomic E-state index is 13.9. The van der Waals surface area contributed by atoms with Crippen LogP contribution in [0.2, 0.25) is 0 Å². The molecular weight excluding hydrogens is 693 g/mol. The zero-order valence-electron chi connectivity index (χ0n) is 32.2. The van der Waals surface area contributed by atoms with Gasteiger partial charge < -0.3 is 30.9 Å². The number of benzene rings is 2. The first kappa shape index (κ1) is 41.7. The SMILES string of the molecule is CC(C)c1nc(COC(=O)NC[C@H](C(=O)N[C@H](Cc2ccccc2)[C@@H](O)CN2CCN(Cc3ccc(O)cc3)C[C@@H]2C(=O)NC(C)(C)C)C(C)C)cs1. The molecule has 5 N–H and O–H groups in total. The number of ether oxygens (including phenoxy) is 1. The number of piperazine rings is 1. The van der Waals surface area contributed by atoms with Crippen molar-refractivity contribution in [2.75, 3.05) is 32.7 Å². The Balaban J connectivity index is 1.44. The largest absolute Gasteiger partial charge is 0.508 e. The van der Waals surface area contributed by atoms with Crippen LogP contribution in [-0.4, -0.2) is 99.4 Å². The highest BCUT2D eigenvalue weighted by molar-refractivity contribution is 7.09. The molecule has 4 atom stereocenters. The van der Waals surface area contributed by atoms with Gasteiger partial charge in [-0.05, 0) is 56.4 Å². The predicted molar refractivity (Wildman–Crippen MR) is 207 cm³/mol. The number of hydrogen-bond acceptors (Lipinski definition) is 10. The van der Waals surface area contributed by atoms with E-state index in [0.29, 0.717) is 44.2 Å². The molecule has 2 aromatic carbocycles. The first-order valence-corrected chi connectivity index (χ1v) is 19.4. The topological polar surface area (TPSA) is 156 Å². The predicted octanol–water partition coefficient (Wildman–Crippen LogP) is 4.66. The molecule has 0 bridgehead atoms. The van der Waals surface area contributed by atoms with E-state index in [2.05, 4.69) is 39.7 Å². The van der Waals surface area contributed by atoms with Crippen LogP contribution in [0.3, 0.4) is 0 Å². The summed E-state index contributed by atoms with van der Waals surface area (Å²) < 4.78 is 5.39. The molecule has 1 aromatic heterocycles. The lowest BCUT2D eigenvalue weighted by Gasteiger charge is -2.43. The summed E-state index contributed by atoms with van der Waals surface area (Å²) in [6.07, 6.45) is -1.26. The van der Waals surface area contributed by atoms with Crippen molar-refractivity contribution in [1.29, 1.82) is 0 Å². The highest BCUT2D eigenvalue weighted by Crippen LogP contribution is 2.21. The Kier molecular flexibility index (Phi) is 15.2. The molecule has 0 unspecified atom stereocenters. The maximum Gasteiger partial charge on any atom is 0.407 e. The van der Waals surface area contributed by atoms with E-state index in [-0.39, 0.29) is 43.2 Å². The van der Waals surface area contributed by atoms with Crippen molar-refractivity contribution in [3.63, 3.8) is 0 Å². The molecule has 1 fully saturated rings.